The molecule has 0 aliphatic heterocycles. The summed E-state index contributed by atoms with van der Waals surface area (Å²) in [5.74, 6) is -0.823. The van der Waals surface area contributed by atoms with Crippen LogP contribution in [0.1, 0.15) is 12.1 Å². The molecule has 0 atom stereocenters. The highest BCUT2D eigenvalue weighted by Gasteiger charge is 2.06. The van der Waals surface area contributed by atoms with Crippen molar-refractivity contribution in [2.24, 2.45) is 0 Å². The van der Waals surface area contributed by atoms with Crippen LogP contribution in [0.2, 0.25) is 0 Å². The zero-order valence-corrected chi connectivity index (χ0v) is 10.6. The number of carboxylic acid groups (broad SMARTS) is 1. The summed E-state index contributed by atoms with van der Waals surface area (Å²) < 4.78 is 1.79. The number of fused-ring (bicyclic) bond motifs is 1. The molecule has 0 unspecified atom stereocenters. The van der Waals surface area contributed by atoms with Crippen LogP contribution in [0.25, 0.3) is 16.9 Å². The smallest absolute Gasteiger partial charge is 0.303 e. The highest BCUT2D eigenvalue weighted by atomic mass is 16.4. The van der Waals surface area contributed by atoms with E-state index in [0.29, 0.717) is 6.42 Å². The van der Waals surface area contributed by atoms with Gasteiger partial charge in [0.2, 0.25) is 0 Å². The third-order valence-electron chi connectivity index (χ3n) is 2.95. The molecule has 0 aliphatic rings. The van der Waals surface area contributed by atoms with Crippen molar-refractivity contribution in [3.05, 3.63) is 48.8 Å². The molecular weight excluding hydrogens is 256 g/mol. The Hall–Kier alpha value is -2.76. The number of imidazole rings is 1. The van der Waals surface area contributed by atoms with E-state index in [2.05, 4.69) is 15.0 Å². The molecule has 20 heavy (non-hydrogen) atoms. The zero-order chi connectivity index (χ0) is 13.9. The molecule has 3 heterocycles. The number of aromatic nitrogens is 4. The first-order chi connectivity index (χ1) is 9.72. The number of rotatable bonds is 4. The van der Waals surface area contributed by atoms with E-state index in [1.54, 1.807) is 29.3 Å². The average molecular weight is 268 g/mol. The number of pyridine rings is 1. The van der Waals surface area contributed by atoms with Gasteiger partial charge in [-0.05, 0) is 12.1 Å². The van der Waals surface area contributed by atoms with Crippen molar-refractivity contribution < 1.29 is 9.90 Å². The number of hydrogen-bond donors (Lipinski definition) is 1. The highest BCUT2D eigenvalue weighted by Crippen LogP contribution is 2.17. The highest BCUT2D eigenvalue weighted by molar-refractivity contribution is 5.67. The van der Waals surface area contributed by atoms with Gasteiger partial charge in [-0.15, -0.1) is 0 Å². The Morgan fingerprint density at radius 1 is 1.40 bits per heavy atom. The second kappa shape index (κ2) is 5.08. The van der Waals surface area contributed by atoms with Gasteiger partial charge in [0.15, 0.2) is 0 Å². The van der Waals surface area contributed by atoms with Crippen molar-refractivity contribution in [2.75, 3.05) is 0 Å². The fourth-order valence-electron chi connectivity index (χ4n) is 1.97. The van der Waals surface area contributed by atoms with Crippen LogP contribution in [0.3, 0.4) is 0 Å². The standard InChI is InChI=1S/C14H12N4O2/c19-14(20)4-3-11-8-18-9-16-12(6-13(18)17-11)10-2-1-5-15-7-10/h1-2,5-9H,3-4H2,(H,19,20). The number of nitrogens with zero attached hydrogens (tertiary/aromatic N) is 4. The second-order valence-corrected chi connectivity index (χ2v) is 4.41. The topological polar surface area (TPSA) is 80.4 Å². The van der Waals surface area contributed by atoms with E-state index in [-0.39, 0.29) is 6.42 Å². The van der Waals surface area contributed by atoms with Gasteiger partial charge in [0, 0.05) is 36.6 Å². The Labute approximate surface area is 114 Å². The van der Waals surface area contributed by atoms with Crippen LogP contribution in [0.4, 0.5) is 0 Å². The van der Waals surface area contributed by atoms with Crippen LogP contribution in [-0.2, 0) is 11.2 Å². The van der Waals surface area contributed by atoms with E-state index < -0.39 is 5.97 Å². The summed E-state index contributed by atoms with van der Waals surface area (Å²) in [5, 5.41) is 8.69. The van der Waals surface area contributed by atoms with Crippen molar-refractivity contribution in [3.8, 4) is 11.3 Å². The summed E-state index contributed by atoms with van der Waals surface area (Å²) in [6, 6.07) is 5.65. The summed E-state index contributed by atoms with van der Waals surface area (Å²) >= 11 is 0. The predicted octanol–water partition coefficient (Wildman–Crippen LogP) is 1.81. The Morgan fingerprint density at radius 3 is 3.05 bits per heavy atom. The lowest BCUT2D eigenvalue weighted by Gasteiger charge is -1.99. The Balaban J connectivity index is 1.93. The van der Waals surface area contributed by atoms with Gasteiger partial charge in [0.1, 0.15) is 12.0 Å². The van der Waals surface area contributed by atoms with Gasteiger partial charge in [-0.1, -0.05) is 0 Å². The van der Waals surface area contributed by atoms with E-state index in [0.717, 1.165) is 22.6 Å². The molecule has 0 spiro atoms. The molecule has 0 fully saturated rings. The first kappa shape index (κ1) is 12.3. The van der Waals surface area contributed by atoms with Crippen LogP contribution in [0, 0.1) is 0 Å². The number of aryl methyl sites for hydroxylation is 1. The lowest BCUT2D eigenvalue weighted by molar-refractivity contribution is -0.136. The third kappa shape index (κ3) is 2.49. The van der Waals surface area contributed by atoms with E-state index in [4.69, 9.17) is 5.11 Å². The van der Waals surface area contributed by atoms with Gasteiger partial charge in [0.25, 0.3) is 0 Å². The first-order valence-corrected chi connectivity index (χ1v) is 6.18. The van der Waals surface area contributed by atoms with E-state index >= 15 is 0 Å². The van der Waals surface area contributed by atoms with Gasteiger partial charge in [-0.2, -0.15) is 0 Å². The maximum Gasteiger partial charge on any atom is 0.303 e. The fourth-order valence-corrected chi connectivity index (χ4v) is 1.97. The van der Waals surface area contributed by atoms with E-state index in [1.807, 2.05) is 18.2 Å². The summed E-state index contributed by atoms with van der Waals surface area (Å²) in [5.41, 5.74) is 3.21. The molecule has 6 nitrogen and oxygen atoms in total. The summed E-state index contributed by atoms with van der Waals surface area (Å²) in [6.45, 7) is 0. The van der Waals surface area contributed by atoms with Crippen molar-refractivity contribution in [1.82, 2.24) is 19.4 Å². The molecule has 0 aliphatic carbocycles. The summed E-state index contributed by atoms with van der Waals surface area (Å²) in [4.78, 5) is 23.4. The molecule has 0 saturated carbocycles. The van der Waals surface area contributed by atoms with Crippen LogP contribution < -0.4 is 0 Å². The molecule has 100 valence electrons. The maximum atomic E-state index is 10.6. The Bertz CT molecular complexity index is 752. The largest absolute Gasteiger partial charge is 0.481 e. The summed E-state index contributed by atoms with van der Waals surface area (Å²) in [6.07, 6.45) is 7.42. The molecule has 1 N–H and O–H groups in total. The molecule has 0 aromatic carbocycles. The second-order valence-electron chi connectivity index (χ2n) is 4.41. The van der Waals surface area contributed by atoms with Gasteiger partial charge < -0.3 is 5.11 Å². The van der Waals surface area contributed by atoms with Crippen LogP contribution in [0.5, 0.6) is 0 Å². The first-order valence-electron chi connectivity index (χ1n) is 6.18. The Kier molecular flexibility index (Phi) is 3.12. The number of carboxylic acids is 1. The lowest BCUT2D eigenvalue weighted by Crippen LogP contribution is -1.97. The predicted molar refractivity (Wildman–Crippen MR) is 72.2 cm³/mol. The van der Waals surface area contributed by atoms with Crippen LogP contribution in [-0.4, -0.2) is 30.4 Å². The quantitative estimate of drug-likeness (QED) is 0.780. The SMILES string of the molecule is O=C(O)CCc1cn2cnc(-c3cccnc3)cc2n1. The van der Waals surface area contributed by atoms with Gasteiger partial charge in [-0.3, -0.25) is 14.2 Å². The minimum atomic E-state index is -0.823. The minimum absolute atomic E-state index is 0.0762. The monoisotopic (exact) mass is 268 g/mol. The molecule has 0 bridgehead atoms. The maximum absolute atomic E-state index is 10.6. The van der Waals surface area contributed by atoms with Crippen LogP contribution >= 0.6 is 0 Å². The molecule has 0 amide bonds. The molecule has 6 heteroatoms. The van der Waals surface area contributed by atoms with E-state index in [9.17, 15) is 4.79 Å². The van der Waals surface area contributed by atoms with Gasteiger partial charge in [-0.25, -0.2) is 9.97 Å². The fraction of sp³-hybridized carbons (Fsp3) is 0.143. The van der Waals surface area contributed by atoms with Crippen molar-refractivity contribution in [1.29, 1.82) is 0 Å². The van der Waals surface area contributed by atoms with Gasteiger partial charge in [0.05, 0.1) is 17.8 Å². The van der Waals surface area contributed by atoms with Gasteiger partial charge >= 0.3 is 5.97 Å². The molecule has 0 saturated heterocycles. The molecule has 3 aromatic heterocycles. The van der Waals surface area contributed by atoms with E-state index in [1.165, 1.54) is 0 Å². The normalized spacial score (nSPS) is 10.8. The Morgan fingerprint density at radius 2 is 2.30 bits per heavy atom. The lowest BCUT2D eigenvalue weighted by atomic mass is 10.2. The molecule has 3 aromatic rings. The van der Waals surface area contributed by atoms with Crippen LogP contribution in [0.15, 0.2) is 43.1 Å². The minimum Gasteiger partial charge on any atom is -0.481 e. The number of carbonyl (C=O) groups is 1. The average Bonchev–Trinajstić information content (AvgIpc) is 2.88. The van der Waals surface area contributed by atoms with Crippen molar-refractivity contribution in [3.63, 3.8) is 0 Å². The van der Waals surface area contributed by atoms with Crippen molar-refractivity contribution in [2.45, 2.75) is 12.8 Å². The number of aliphatic carboxylic acids is 1. The number of hydrogen-bond acceptors (Lipinski definition) is 4. The molecular formula is C14H12N4O2. The molecule has 3 rings (SSSR count). The summed E-state index contributed by atoms with van der Waals surface area (Å²) in [7, 11) is 0. The zero-order valence-electron chi connectivity index (χ0n) is 10.6. The third-order valence-corrected chi connectivity index (χ3v) is 2.95. The van der Waals surface area contributed by atoms with Crippen molar-refractivity contribution >= 4 is 11.6 Å². The molecule has 0 radical (unpaired) electrons.